The van der Waals surface area contributed by atoms with Gasteiger partial charge >= 0.3 is 0 Å². The van der Waals surface area contributed by atoms with E-state index in [2.05, 4.69) is 5.32 Å². The van der Waals surface area contributed by atoms with Gasteiger partial charge in [-0.2, -0.15) is 4.31 Å². The first-order valence-corrected chi connectivity index (χ1v) is 11.2. The molecular weight excluding hydrogens is 336 g/mol. The Morgan fingerprint density at radius 1 is 1.17 bits per heavy atom. The first kappa shape index (κ1) is 18.4. The highest BCUT2D eigenvalue weighted by molar-refractivity contribution is 7.90. The maximum atomic E-state index is 12.9. The van der Waals surface area contributed by atoms with Gasteiger partial charge in [-0.3, -0.25) is 0 Å². The van der Waals surface area contributed by atoms with Gasteiger partial charge in [0.1, 0.15) is 0 Å². The van der Waals surface area contributed by atoms with Crippen LogP contribution in [-0.2, 0) is 25.6 Å². The fourth-order valence-electron chi connectivity index (χ4n) is 2.80. The number of nitrogens with one attached hydrogen (secondary N) is 1. The van der Waals surface area contributed by atoms with Crippen molar-refractivity contribution in [1.29, 1.82) is 0 Å². The predicted molar refractivity (Wildman–Crippen MR) is 90.4 cm³/mol. The molecule has 0 radical (unpaired) electrons. The summed E-state index contributed by atoms with van der Waals surface area (Å²) in [5, 5.41) is 3.20. The number of sulfonamides is 1. The maximum Gasteiger partial charge on any atom is 0.243 e. The number of hydrogen-bond donors (Lipinski definition) is 1. The van der Waals surface area contributed by atoms with E-state index in [4.69, 9.17) is 0 Å². The summed E-state index contributed by atoms with van der Waals surface area (Å²) in [5.74, 6) is -0.0848. The molecule has 0 aromatic heterocycles. The van der Waals surface area contributed by atoms with Gasteiger partial charge in [-0.25, -0.2) is 16.8 Å². The first-order chi connectivity index (χ1) is 10.7. The Morgan fingerprint density at radius 2 is 1.83 bits per heavy atom. The number of rotatable bonds is 7. The van der Waals surface area contributed by atoms with Crippen molar-refractivity contribution >= 4 is 19.9 Å². The molecule has 0 aliphatic carbocycles. The van der Waals surface area contributed by atoms with Gasteiger partial charge in [0.25, 0.3) is 0 Å². The number of sulfone groups is 1. The topological polar surface area (TPSA) is 83.6 Å². The minimum atomic E-state index is -3.56. The Labute approximate surface area is 138 Å². The van der Waals surface area contributed by atoms with Crippen molar-refractivity contribution in [1.82, 2.24) is 9.62 Å². The van der Waals surface area contributed by atoms with Crippen LogP contribution in [0, 0.1) is 0 Å². The van der Waals surface area contributed by atoms with E-state index in [0.29, 0.717) is 18.7 Å². The summed E-state index contributed by atoms with van der Waals surface area (Å²) < 4.78 is 50.0. The summed E-state index contributed by atoms with van der Waals surface area (Å²) in [7, 11) is -6.69. The lowest BCUT2D eigenvalue weighted by Gasteiger charge is -2.27. The van der Waals surface area contributed by atoms with Crippen LogP contribution in [0.25, 0.3) is 0 Å². The van der Waals surface area contributed by atoms with Crippen LogP contribution in [0.3, 0.4) is 0 Å². The lowest BCUT2D eigenvalue weighted by molar-refractivity contribution is 0.335. The van der Waals surface area contributed by atoms with Crippen LogP contribution in [-0.4, -0.2) is 53.1 Å². The standard InChI is InChI=1S/C15H24N2O4S2/c1-3-10-17(14-8-9-16-11-14)23(20,21)15-6-4-13(5-7-15)12-22(2,18)19/h4-7,14,16H,3,8-12H2,1-2H3. The fraction of sp³-hybridized carbons (Fsp3) is 0.600. The second-order valence-electron chi connectivity index (χ2n) is 5.98. The molecule has 0 amide bonds. The monoisotopic (exact) mass is 360 g/mol. The average molecular weight is 361 g/mol. The highest BCUT2D eigenvalue weighted by Crippen LogP contribution is 2.22. The molecule has 6 nitrogen and oxygen atoms in total. The van der Waals surface area contributed by atoms with Gasteiger partial charge in [-0.1, -0.05) is 19.1 Å². The molecule has 2 rings (SSSR count). The summed E-state index contributed by atoms with van der Waals surface area (Å²) in [6.45, 7) is 3.94. The highest BCUT2D eigenvalue weighted by atomic mass is 32.2. The van der Waals surface area contributed by atoms with Crippen molar-refractivity contribution in [3.05, 3.63) is 29.8 Å². The zero-order valence-corrected chi connectivity index (χ0v) is 15.2. The molecular formula is C15H24N2O4S2. The van der Waals surface area contributed by atoms with E-state index >= 15 is 0 Å². The first-order valence-electron chi connectivity index (χ1n) is 7.73. The van der Waals surface area contributed by atoms with Gasteiger partial charge in [0.05, 0.1) is 10.6 Å². The van der Waals surface area contributed by atoms with Crippen LogP contribution in [0.4, 0.5) is 0 Å². The Kier molecular flexibility index (Phi) is 5.83. The molecule has 1 aromatic carbocycles. The van der Waals surface area contributed by atoms with Crippen molar-refractivity contribution < 1.29 is 16.8 Å². The molecule has 1 atom stereocenters. The fourth-order valence-corrected chi connectivity index (χ4v) is 5.34. The summed E-state index contributed by atoms with van der Waals surface area (Å²) in [4.78, 5) is 0.218. The third kappa shape index (κ3) is 4.76. The number of hydrogen-bond acceptors (Lipinski definition) is 5. The highest BCUT2D eigenvalue weighted by Gasteiger charge is 2.32. The van der Waals surface area contributed by atoms with Gasteiger partial charge in [0.15, 0.2) is 9.84 Å². The van der Waals surface area contributed by atoms with Gasteiger partial charge < -0.3 is 5.32 Å². The van der Waals surface area contributed by atoms with Crippen molar-refractivity contribution in [2.75, 3.05) is 25.9 Å². The molecule has 1 heterocycles. The number of nitrogens with zero attached hydrogens (tertiary/aromatic N) is 1. The van der Waals surface area contributed by atoms with Crippen molar-refractivity contribution in [3.63, 3.8) is 0 Å². The second-order valence-corrected chi connectivity index (χ2v) is 10.0. The van der Waals surface area contributed by atoms with Crippen molar-refractivity contribution in [2.24, 2.45) is 0 Å². The predicted octanol–water partition coefficient (Wildman–Crippen LogP) is 0.994. The lowest BCUT2D eigenvalue weighted by Crippen LogP contribution is -2.41. The van der Waals surface area contributed by atoms with Crippen LogP contribution in [0.15, 0.2) is 29.2 Å². The van der Waals surface area contributed by atoms with Crippen LogP contribution in [0.5, 0.6) is 0 Å². The molecule has 1 aliphatic rings. The molecule has 1 fully saturated rings. The maximum absolute atomic E-state index is 12.9. The second kappa shape index (κ2) is 7.29. The van der Waals surface area contributed by atoms with E-state index in [-0.39, 0.29) is 16.7 Å². The van der Waals surface area contributed by atoms with E-state index in [1.165, 1.54) is 12.1 Å². The van der Waals surface area contributed by atoms with E-state index in [9.17, 15) is 16.8 Å². The summed E-state index contributed by atoms with van der Waals surface area (Å²) in [6.07, 6.45) is 2.72. The molecule has 0 saturated carbocycles. The molecule has 8 heteroatoms. The lowest BCUT2D eigenvalue weighted by atomic mass is 10.2. The van der Waals surface area contributed by atoms with Gasteiger partial charge in [0, 0.05) is 25.4 Å². The zero-order chi connectivity index (χ0) is 17.1. The third-order valence-electron chi connectivity index (χ3n) is 3.84. The quantitative estimate of drug-likeness (QED) is 0.784. The smallest absolute Gasteiger partial charge is 0.243 e. The van der Waals surface area contributed by atoms with E-state index in [0.717, 1.165) is 25.6 Å². The minimum absolute atomic E-state index is 0.0179. The molecule has 1 aliphatic heterocycles. The normalized spacial score (nSPS) is 19.3. The van der Waals surface area contributed by atoms with Crippen molar-refractivity contribution in [2.45, 2.75) is 36.5 Å². The van der Waals surface area contributed by atoms with Crippen LogP contribution < -0.4 is 5.32 Å². The molecule has 0 bridgehead atoms. The number of benzene rings is 1. The average Bonchev–Trinajstić information content (AvgIpc) is 2.97. The van der Waals surface area contributed by atoms with E-state index in [1.807, 2.05) is 6.92 Å². The molecule has 1 saturated heterocycles. The Morgan fingerprint density at radius 3 is 2.30 bits per heavy atom. The summed E-state index contributed by atoms with van der Waals surface area (Å²) >= 11 is 0. The van der Waals surface area contributed by atoms with Gasteiger partial charge in [0.2, 0.25) is 10.0 Å². The van der Waals surface area contributed by atoms with E-state index in [1.54, 1.807) is 16.4 Å². The Hall–Kier alpha value is -0.960. The zero-order valence-electron chi connectivity index (χ0n) is 13.5. The molecule has 1 unspecified atom stereocenters. The molecule has 1 aromatic rings. The SMILES string of the molecule is CCCN(C1CCNC1)S(=O)(=O)c1ccc(CS(C)(=O)=O)cc1. The summed E-state index contributed by atoms with van der Waals surface area (Å²) in [5.41, 5.74) is 0.594. The Balaban J connectivity index is 2.26. The van der Waals surface area contributed by atoms with E-state index < -0.39 is 19.9 Å². The van der Waals surface area contributed by atoms with Crippen LogP contribution in [0.2, 0.25) is 0 Å². The minimum Gasteiger partial charge on any atom is -0.315 e. The summed E-state index contributed by atoms with van der Waals surface area (Å²) in [6, 6.07) is 6.13. The molecule has 23 heavy (non-hydrogen) atoms. The van der Waals surface area contributed by atoms with Crippen LogP contribution in [0.1, 0.15) is 25.3 Å². The molecule has 1 N–H and O–H groups in total. The van der Waals surface area contributed by atoms with Crippen LogP contribution >= 0.6 is 0 Å². The third-order valence-corrected chi connectivity index (χ3v) is 6.67. The van der Waals surface area contributed by atoms with Crippen molar-refractivity contribution in [3.8, 4) is 0 Å². The molecule has 0 spiro atoms. The largest absolute Gasteiger partial charge is 0.315 e. The Bertz CT molecular complexity index is 721. The molecule has 130 valence electrons. The van der Waals surface area contributed by atoms with Gasteiger partial charge in [-0.05, 0) is 37.1 Å². The van der Waals surface area contributed by atoms with Gasteiger partial charge in [-0.15, -0.1) is 0 Å².